The largest absolute Gasteiger partial charge is 0.480 e. The van der Waals surface area contributed by atoms with Crippen LogP contribution < -0.4 is 16.6 Å². The van der Waals surface area contributed by atoms with Gasteiger partial charge in [-0.1, -0.05) is 56.7 Å². The number of nitrogens with one attached hydrogen (secondary N) is 2. The van der Waals surface area contributed by atoms with Crippen molar-refractivity contribution in [2.24, 2.45) is 14.1 Å². The molecule has 0 saturated carbocycles. The van der Waals surface area contributed by atoms with Gasteiger partial charge < -0.3 is 20.0 Å². The van der Waals surface area contributed by atoms with Crippen LogP contribution in [-0.2, 0) is 36.6 Å². The van der Waals surface area contributed by atoms with E-state index in [1.165, 1.54) is 9.13 Å². The number of carbonyl (C=O) groups is 2. The molecule has 0 aliphatic rings. The molecule has 0 fully saturated rings. The first kappa shape index (κ1) is 28.8. The van der Waals surface area contributed by atoms with E-state index in [1.807, 2.05) is 24.3 Å². The van der Waals surface area contributed by atoms with Crippen LogP contribution in [0.3, 0.4) is 0 Å². The Morgan fingerprint density at radius 1 is 1.00 bits per heavy atom. The van der Waals surface area contributed by atoms with Crippen LogP contribution in [0.5, 0.6) is 0 Å². The van der Waals surface area contributed by atoms with E-state index in [0.29, 0.717) is 30.6 Å². The molecule has 0 saturated heterocycles. The van der Waals surface area contributed by atoms with E-state index >= 15 is 0 Å². The summed E-state index contributed by atoms with van der Waals surface area (Å²) in [5.41, 5.74) is 2.01. The Balaban J connectivity index is 1.10. The van der Waals surface area contributed by atoms with Crippen LogP contribution >= 0.6 is 0 Å². The molecule has 4 aromatic rings. The van der Waals surface area contributed by atoms with Gasteiger partial charge in [-0.25, -0.2) is 14.6 Å². The molecule has 0 aliphatic carbocycles. The van der Waals surface area contributed by atoms with Gasteiger partial charge in [-0.2, -0.15) is 0 Å². The summed E-state index contributed by atoms with van der Waals surface area (Å²) in [5, 5.41) is 13.3. The van der Waals surface area contributed by atoms with E-state index in [4.69, 9.17) is 0 Å². The van der Waals surface area contributed by atoms with Crippen molar-refractivity contribution in [3.05, 3.63) is 63.2 Å². The van der Waals surface area contributed by atoms with E-state index in [9.17, 15) is 24.3 Å². The van der Waals surface area contributed by atoms with Crippen molar-refractivity contribution in [2.45, 2.75) is 76.8 Å². The second-order valence-corrected chi connectivity index (χ2v) is 10.4. The van der Waals surface area contributed by atoms with Crippen molar-refractivity contribution in [1.82, 2.24) is 29.0 Å². The first-order chi connectivity index (χ1) is 19.3. The minimum Gasteiger partial charge on any atom is -0.480 e. The topological polar surface area (TPSA) is 144 Å². The van der Waals surface area contributed by atoms with E-state index in [1.54, 1.807) is 31.2 Å². The number of imidazole rings is 1. The predicted octanol–water partition coefficient (Wildman–Crippen LogP) is 3.24. The molecule has 1 unspecified atom stereocenters. The molecule has 3 heterocycles. The van der Waals surface area contributed by atoms with Crippen molar-refractivity contribution < 1.29 is 14.7 Å². The van der Waals surface area contributed by atoms with Crippen LogP contribution in [-0.4, -0.2) is 46.7 Å². The maximum absolute atomic E-state index is 12.7. The molecule has 0 spiro atoms. The highest BCUT2D eigenvalue weighted by molar-refractivity contribution is 5.86. The molecule has 3 N–H and O–H groups in total. The molecule has 3 aromatic heterocycles. The number of fused-ring (bicyclic) bond motifs is 2. The highest BCUT2D eigenvalue weighted by atomic mass is 16.4. The second kappa shape index (κ2) is 13.3. The number of aromatic nitrogens is 5. The molecule has 1 aromatic carbocycles. The molecular weight excluding hydrogens is 512 g/mol. The van der Waals surface area contributed by atoms with Gasteiger partial charge >= 0.3 is 11.7 Å². The number of aryl methyl sites for hydroxylation is 2. The fourth-order valence-corrected chi connectivity index (χ4v) is 5.20. The number of hydrogen-bond donors (Lipinski definition) is 3. The van der Waals surface area contributed by atoms with Crippen molar-refractivity contribution in [3.8, 4) is 0 Å². The highest BCUT2D eigenvalue weighted by Crippen LogP contribution is 2.19. The van der Waals surface area contributed by atoms with Gasteiger partial charge in [0.1, 0.15) is 6.04 Å². The number of nitrogens with zero attached hydrogens (tertiary/aromatic N) is 4. The zero-order chi connectivity index (χ0) is 28.6. The van der Waals surface area contributed by atoms with Crippen molar-refractivity contribution >= 4 is 33.9 Å². The zero-order valence-electron chi connectivity index (χ0n) is 23.2. The normalized spacial score (nSPS) is 12.2. The number of H-pyrrole nitrogens is 1. The van der Waals surface area contributed by atoms with Crippen LogP contribution in [0.25, 0.3) is 22.1 Å². The van der Waals surface area contributed by atoms with Crippen LogP contribution in [0.2, 0.25) is 0 Å². The van der Waals surface area contributed by atoms with Gasteiger partial charge in [0.05, 0.1) is 6.33 Å². The van der Waals surface area contributed by atoms with Gasteiger partial charge in [0.25, 0.3) is 5.56 Å². The number of aliphatic carboxylic acids is 1. The molecule has 0 bridgehead atoms. The monoisotopic (exact) mass is 550 g/mol. The third kappa shape index (κ3) is 6.70. The van der Waals surface area contributed by atoms with Gasteiger partial charge in [-0.05, 0) is 24.5 Å². The third-order valence-corrected chi connectivity index (χ3v) is 7.47. The molecule has 0 radical (unpaired) electrons. The van der Waals surface area contributed by atoms with E-state index in [2.05, 4.69) is 15.3 Å². The molecule has 40 heavy (non-hydrogen) atoms. The zero-order valence-corrected chi connectivity index (χ0v) is 23.2. The summed E-state index contributed by atoms with van der Waals surface area (Å²) in [5.74, 6) is -1.28. The quantitative estimate of drug-likeness (QED) is 0.194. The Labute approximate surface area is 231 Å². The first-order valence-electron chi connectivity index (χ1n) is 14.0. The number of unbranched alkanes of at least 4 members (excludes halogenated alkanes) is 7. The second-order valence-electron chi connectivity index (χ2n) is 10.4. The summed E-state index contributed by atoms with van der Waals surface area (Å²) in [4.78, 5) is 56.7. The first-order valence-corrected chi connectivity index (χ1v) is 14.0. The molecule has 1 amide bonds. The molecular formula is C29H38N6O5. The molecule has 1 atom stereocenters. The van der Waals surface area contributed by atoms with Crippen LogP contribution in [0.15, 0.2) is 46.4 Å². The van der Waals surface area contributed by atoms with Gasteiger partial charge in [0.2, 0.25) is 5.91 Å². The molecule has 214 valence electrons. The summed E-state index contributed by atoms with van der Waals surface area (Å²) < 4.78 is 4.36. The lowest BCUT2D eigenvalue weighted by atomic mass is 10.0. The lowest BCUT2D eigenvalue weighted by molar-refractivity contribution is -0.141. The summed E-state index contributed by atoms with van der Waals surface area (Å²) >= 11 is 0. The summed E-state index contributed by atoms with van der Waals surface area (Å²) in [6, 6.07) is 6.73. The number of rotatable bonds is 15. The van der Waals surface area contributed by atoms with Gasteiger partial charge in [-0.3, -0.25) is 18.7 Å². The number of amides is 1. The lowest BCUT2D eigenvalue weighted by Crippen LogP contribution is -2.42. The summed E-state index contributed by atoms with van der Waals surface area (Å²) in [7, 11) is 3.38. The van der Waals surface area contributed by atoms with E-state index in [-0.39, 0.29) is 23.6 Å². The van der Waals surface area contributed by atoms with Crippen molar-refractivity contribution in [2.75, 3.05) is 0 Å². The Morgan fingerprint density at radius 2 is 1.68 bits per heavy atom. The standard InChI is InChI=1S/C29H38N6O5/c1-33-19-31-26-25(33)27(37)35(29(40)34(26)2)16-12-8-6-4-3-5-7-9-15-24(36)32-23(28(38)39)17-20-18-30-22-14-11-10-13-21(20)22/h10-11,13-14,18-19,23,30H,3-9,12,15-17H2,1-2H3,(H,32,36)(H,38,39). The Kier molecular flexibility index (Phi) is 9.57. The summed E-state index contributed by atoms with van der Waals surface area (Å²) in [6.07, 6.45) is 11.3. The number of hydrogen-bond acceptors (Lipinski definition) is 5. The van der Waals surface area contributed by atoms with Gasteiger partial charge in [0.15, 0.2) is 11.2 Å². The maximum Gasteiger partial charge on any atom is 0.332 e. The minimum absolute atomic E-state index is 0.228. The highest BCUT2D eigenvalue weighted by Gasteiger charge is 2.21. The van der Waals surface area contributed by atoms with Crippen LogP contribution in [0.1, 0.15) is 63.4 Å². The average Bonchev–Trinajstić information content (AvgIpc) is 3.53. The fourth-order valence-electron chi connectivity index (χ4n) is 5.20. The average molecular weight is 551 g/mol. The third-order valence-electron chi connectivity index (χ3n) is 7.47. The van der Waals surface area contributed by atoms with Crippen LogP contribution in [0.4, 0.5) is 0 Å². The predicted molar refractivity (Wildman–Crippen MR) is 153 cm³/mol. The Hall–Kier alpha value is -4.15. The summed E-state index contributed by atoms with van der Waals surface area (Å²) in [6.45, 7) is 0.388. The van der Waals surface area contributed by atoms with Gasteiger partial charge in [0, 0.05) is 50.6 Å². The fraction of sp³-hybridized carbons (Fsp3) is 0.483. The van der Waals surface area contributed by atoms with Crippen molar-refractivity contribution in [1.29, 1.82) is 0 Å². The number of carbonyl (C=O) groups excluding carboxylic acids is 1. The van der Waals surface area contributed by atoms with Crippen molar-refractivity contribution in [3.63, 3.8) is 0 Å². The lowest BCUT2D eigenvalue weighted by Gasteiger charge is -2.14. The molecule has 0 aliphatic heterocycles. The number of carboxylic acid groups (broad SMARTS) is 1. The number of benzene rings is 1. The smallest absolute Gasteiger partial charge is 0.332 e. The van der Waals surface area contributed by atoms with E-state index in [0.717, 1.165) is 61.4 Å². The Bertz CT molecular complexity index is 1590. The molecule has 11 heteroatoms. The number of para-hydroxylation sites is 1. The Morgan fingerprint density at radius 3 is 2.40 bits per heavy atom. The number of aromatic amines is 1. The van der Waals surface area contributed by atoms with E-state index < -0.39 is 12.0 Å². The molecule has 4 rings (SSSR count). The molecule has 11 nitrogen and oxygen atoms in total. The van der Waals surface area contributed by atoms with Gasteiger partial charge in [-0.15, -0.1) is 0 Å². The maximum atomic E-state index is 12.7. The SMILES string of the molecule is Cn1cnc2c1c(=O)n(CCCCCCCCCCC(=O)NC(Cc1c[nH]c3ccccc13)C(=O)O)c(=O)n2C. The minimum atomic E-state index is -1.04. The van der Waals surface area contributed by atoms with Crippen LogP contribution in [0, 0.1) is 0 Å². The number of carboxylic acids is 1.